The standard InChI is InChI=1S/C14H22N2O/c1-16-8-4-7-13(15)14(16)12-6-3-5-11(9-12)10-17-2/h3,5-6,9,13-14H,4,7-8,10,15H2,1-2H3. The maximum Gasteiger partial charge on any atom is 0.0713 e. The van der Waals surface area contributed by atoms with Crippen LogP contribution in [0.4, 0.5) is 0 Å². The lowest BCUT2D eigenvalue weighted by atomic mass is 9.91. The summed E-state index contributed by atoms with van der Waals surface area (Å²) < 4.78 is 5.18. The molecule has 1 fully saturated rings. The number of nitrogens with zero attached hydrogens (tertiary/aromatic N) is 1. The predicted molar refractivity (Wildman–Crippen MR) is 69.7 cm³/mol. The van der Waals surface area contributed by atoms with Crippen LogP contribution in [0, 0.1) is 0 Å². The first kappa shape index (κ1) is 12.6. The second-order valence-corrected chi connectivity index (χ2v) is 4.91. The van der Waals surface area contributed by atoms with Crippen molar-refractivity contribution in [1.82, 2.24) is 4.90 Å². The van der Waals surface area contributed by atoms with E-state index in [9.17, 15) is 0 Å². The first-order valence-corrected chi connectivity index (χ1v) is 6.26. The largest absolute Gasteiger partial charge is 0.380 e. The summed E-state index contributed by atoms with van der Waals surface area (Å²) in [7, 11) is 3.89. The number of ether oxygens (including phenoxy) is 1. The number of hydrogen-bond acceptors (Lipinski definition) is 3. The molecule has 94 valence electrons. The van der Waals surface area contributed by atoms with E-state index in [1.54, 1.807) is 7.11 Å². The summed E-state index contributed by atoms with van der Waals surface area (Å²) in [6.07, 6.45) is 2.31. The van der Waals surface area contributed by atoms with Gasteiger partial charge in [0.05, 0.1) is 6.61 Å². The molecule has 3 nitrogen and oxygen atoms in total. The minimum absolute atomic E-state index is 0.242. The number of nitrogens with two attached hydrogens (primary N) is 1. The minimum Gasteiger partial charge on any atom is -0.380 e. The van der Waals surface area contributed by atoms with Gasteiger partial charge in [-0.15, -0.1) is 0 Å². The summed E-state index contributed by atoms with van der Waals surface area (Å²) in [5, 5.41) is 0. The smallest absolute Gasteiger partial charge is 0.0713 e. The van der Waals surface area contributed by atoms with Gasteiger partial charge in [-0.2, -0.15) is 0 Å². The van der Waals surface area contributed by atoms with E-state index in [0.29, 0.717) is 12.6 Å². The molecule has 0 radical (unpaired) electrons. The molecule has 1 aliphatic heterocycles. The van der Waals surface area contributed by atoms with Gasteiger partial charge in [0.1, 0.15) is 0 Å². The molecule has 0 amide bonds. The topological polar surface area (TPSA) is 38.5 Å². The third-order valence-electron chi connectivity index (χ3n) is 3.53. The second kappa shape index (κ2) is 5.63. The van der Waals surface area contributed by atoms with E-state index in [1.165, 1.54) is 17.5 Å². The Morgan fingerprint density at radius 2 is 2.29 bits per heavy atom. The zero-order valence-corrected chi connectivity index (χ0v) is 10.7. The third kappa shape index (κ3) is 2.86. The molecule has 2 atom stereocenters. The molecule has 1 heterocycles. The van der Waals surface area contributed by atoms with Crippen molar-refractivity contribution in [2.24, 2.45) is 5.73 Å². The average Bonchev–Trinajstić information content (AvgIpc) is 2.30. The Morgan fingerprint density at radius 3 is 3.00 bits per heavy atom. The maximum absolute atomic E-state index is 6.25. The van der Waals surface area contributed by atoms with Gasteiger partial charge < -0.3 is 10.5 Å². The van der Waals surface area contributed by atoms with E-state index in [1.807, 2.05) is 0 Å². The molecule has 0 saturated carbocycles. The molecule has 3 heteroatoms. The van der Waals surface area contributed by atoms with Crippen molar-refractivity contribution < 1.29 is 4.74 Å². The molecule has 0 bridgehead atoms. The second-order valence-electron chi connectivity index (χ2n) is 4.91. The highest BCUT2D eigenvalue weighted by Gasteiger charge is 2.27. The highest BCUT2D eigenvalue weighted by Crippen LogP contribution is 2.29. The van der Waals surface area contributed by atoms with E-state index < -0.39 is 0 Å². The summed E-state index contributed by atoms with van der Waals surface area (Å²) in [5.74, 6) is 0. The van der Waals surface area contributed by atoms with Crippen molar-refractivity contribution in [3.05, 3.63) is 35.4 Å². The molecule has 1 aliphatic rings. The Kier molecular flexibility index (Phi) is 4.15. The normalized spacial score (nSPS) is 26.1. The van der Waals surface area contributed by atoms with Crippen molar-refractivity contribution >= 4 is 0 Å². The van der Waals surface area contributed by atoms with Crippen molar-refractivity contribution in [3.8, 4) is 0 Å². The van der Waals surface area contributed by atoms with E-state index in [2.05, 4.69) is 36.2 Å². The lowest BCUT2D eigenvalue weighted by Crippen LogP contribution is -2.43. The van der Waals surface area contributed by atoms with Crippen molar-refractivity contribution in [2.45, 2.75) is 31.5 Å². The van der Waals surface area contributed by atoms with Crippen LogP contribution in [0.3, 0.4) is 0 Å². The Morgan fingerprint density at radius 1 is 1.47 bits per heavy atom. The fraction of sp³-hybridized carbons (Fsp3) is 0.571. The molecular weight excluding hydrogens is 212 g/mol. The lowest BCUT2D eigenvalue weighted by Gasteiger charge is -2.37. The maximum atomic E-state index is 6.25. The fourth-order valence-electron chi connectivity index (χ4n) is 2.74. The molecule has 2 N–H and O–H groups in total. The van der Waals surface area contributed by atoms with Crippen molar-refractivity contribution in [3.63, 3.8) is 0 Å². The molecule has 17 heavy (non-hydrogen) atoms. The van der Waals surface area contributed by atoms with Crippen molar-refractivity contribution in [2.75, 3.05) is 20.7 Å². The molecule has 2 unspecified atom stereocenters. The summed E-state index contributed by atoms with van der Waals surface area (Å²) in [6, 6.07) is 9.17. The molecular formula is C14H22N2O. The van der Waals surface area contributed by atoms with Gasteiger partial charge in [0.15, 0.2) is 0 Å². The first-order valence-electron chi connectivity index (χ1n) is 6.26. The monoisotopic (exact) mass is 234 g/mol. The number of benzene rings is 1. The van der Waals surface area contributed by atoms with Crippen LogP contribution in [0.15, 0.2) is 24.3 Å². The number of rotatable bonds is 3. The van der Waals surface area contributed by atoms with E-state index in [-0.39, 0.29) is 6.04 Å². The minimum atomic E-state index is 0.242. The summed E-state index contributed by atoms with van der Waals surface area (Å²) in [4.78, 5) is 2.36. The van der Waals surface area contributed by atoms with Crippen LogP contribution >= 0.6 is 0 Å². The van der Waals surface area contributed by atoms with E-state index in [0.717, 1.165) is 13.0 Å². The first-order chi connectivity index (χ1) is 8.22. The van der Waals surface area contributed by atoms with Gasteiger partial charge in [0.25, 0.3) is 0 Å². The lowest BCUT2D eigenvalue weighted by molar-refractivity contribution is 0.162. The van der Waals surface area contributed by atoms with Gasteiger partial charge in [-0.05, 0) is 37.6 Å². The summed E-state index contributed by atoms with van der Waals surface area (Å²) in [6.45, 7) is 1.80. The highest BCUT2D eigenvalue weighted by atomic mass is 16.5. The zero-order chi connectivity index (χ0) is 12.3. The van der Waals surface area contributed by atoms with Gasteiger partial charge in [0, 0.05) is 19.2 Å². The average molecular weight is 234 g/mol. The van der Waals surface area contributed by atoms with Crippen LogP contribution in [0.2, 0.25) is 0 Å². The Hall–Kier alpha value is -0.900. The SMILES string of the molecule is COCc1cccc(C2C(N)CCCN2C)c1. The molecule has 0 aliphatic carbocycles. The number of likely N-dealkylation sites (N-methyl/N-ethyl adjacent to an activating group) is 1. The number of hydrogen-bond donors (Lipinski definition) is 1. The van der Waals surface area contributed by atoms with Crippen LogP contribution in [0.5, 0.6) is 0 Å². The van der Waals surface area contributed by atoms with Gasteiger partial charge in [-0.3, -0.25) is 4.90 Å². The van der Waals surface area contributed by atoms with Gasteiger partial charge in [-0.25, -0.2) is 0 Å². The third-order valence-corrected chi connectivity index (χ3v) is 3.53. The predicted octanol–water partition coefficient (Wildman–Crippen LogP) is 1.93. The van der Waals surface area contributed by atoms with E-state index in [4.69, 9.17) is 10.5 Å². The number of piperidine rings is 1. The number of likely N-dealkylation sites (tertiary alicyclic amines) is 1. The van der Waals surface area contributed by atoms with Crippen LogP contribution in [-0.2, 0) is 11.3 Å². The van der Waals surface area contributed by atoms with Crippen LogP contribution < -0.4 is 5.73 Å². The molecule has 2 rings (SSSR count). The summed E-state index contributed by atoms with van der Waals surface area (Å²) >= 11 is 0. The summed E-state index contributed by atoms with van der Waals surface area (Å²) in [5.41, 5.74) is 8.79. The molecule has 0 aromatic heterocycles. The van der Waals surface area contributed by atoms with E-state index >= 15 is 0 Å². The molecule has 1 aromatic carbocycles. The van der Waals surface area contributed by atoms with Crippen LogP contribution in [0.25, 0.3) is 0 Å². The van der Waals surface area contributed by atoms with Crippen molar-refractivity contribution in [1.29, 1.82) is 0 Å². The van der Waals surface area contributed by atoms with Gasteiger partial charge in [0.2, 0.25) is 0 Å². The zero-order valence-electron chi connectivity index (χ0n) is 10.7. The quantitative estimate of drug-likeness (QED) is 0.868. The Bertz CT molecular complexity index is 357. The highest BCUT2D eigenvalue weighted by molar-refractivity contribution is 5.27. The fourth-order valence-corrected chi connectivity index (χ4v) is 2.74. The molecule has 1 aromatic rings. The molecule has 1 saturated heterocycles. The Balaban J connectivity index is 2.22. The van der Waals surface area contributed by atoms with Gasteiger partial charge >= 0.3 is 0 Å². The number of methoxy groups -OCH3 is 1. The Labute approximate surface area is 104 Å². The van der Waals surface area contributed by atoms with Crippen LogP contribution in [-0.4, -0.2) is 31.6 Å². The van der Waals surface area contributed by atoms with Crippen LogP contribution in [0.1, 0.15) is 30.0 Å². The van der Waals surface area contributed by atoms with Gasteiger partial charge in [-0.1, -0.05) is 24.3 Å². The molecule has 0 spiro atoms.